The van der Waals surface area contributed by atoms with Crippen LogP contribution in [0.25, 0.3) is 0 Å². The monoisotopic (exact) mass is 515 g/mol. The van der Waals surface area contributed by atoms with Gasteiger partial charge in [0.25, 0.3) is 10.0 Å². The van der Waals surface area contributed by atoms with Gasteiger partial charge in [0.05, 0.1) is 22.5 Å². The molecule has 0 bridgehead atoms. The Bertz CT molecular complexity index is 1450. The fourth-order valence-electron chi connectivity index (χ4n) is 3.66. The number of benzene rings is 3. The molecule has 8 nitrogen and oxygen atoms in total. The molecular formula is C25H29N3O5S2. The van der Waals surface area contributed by atoms with E-state index >= 15 is 0 Å². The average molecular weight is 516 g/mol. The number of carbonyl (C=O) groups is 1. The molecule has 0 aliphatic rings. The van der Waals surface area contributed by atoms with Gasteiger partial charge >= 0.3 is 0 Å². The van der Waals surface area contributed by atoms with Gasteiger partial charge in [0.1, 0.15) is 6.54 Å². The molecule has 2 N–H and O–H groups in total. The van der Waals surface area contributed by atoms with Crippen molar-refractivity contribution in [3.8, 4) is 0 Å². The van der Waals surface area contributed by atoms with Crippen molar-refractivity contribution in [1.29, 1.82) is 0 Å². The van der Waals surface area contributed by atoms with Crippen LogP contribution in [0.4, 0.5) is 17.1 Å². The van der Waals surface area contributed by atoms with Gasteiger partial charge in [0.15, 0.2) is 0 Å². The summed E-state index contributed by atoms with van der Waals surface area (Å²) in [5, 5.41) is 2.64. The highest BCUT2D eigenvalue weighted by atomic mass is 32.2. The van der Waals surface area contributed by atoms with Gasteiger partial charge in [-0.25, -0.2) is 16.8 Å². The largest absolute Gasteiger partial charge is 0.325 e. The van der Waals surface area contributed by atoms with Crippen LogP contribution in [0.3, 0.4) is 0 Å². The number of para-hydroxylation sites is 1. The minimum Gasteiger partial charge on any atom is -0.325 e. The minimum atomic E-state index is -3.83. The smallest absolute Gasteiger partial charge is 0.261 e. The molecule has 1 amide bonds. The van der Waals surface area contributed by atoms with Gasteiger partial charge in [-0.05, 0) is 80.3 Å². The number of amides is 1. The SMILES string of the molecule is Cc1ccc(C)c(NS(=O)(=O)c2ccc(NC(=O)CN(c3c(C)cccc3C)S(C)(=O)=O)cc2)c1. The predicted octanol–water partition coefficient (Wildman–Crippen LogP) is 4.13. The number of sulfonamides is 2. The van der Waals surface area contributed by atoms with Crippen molar-refractivity contribution in [2.45, 2.75) is 32.6 Å². The van der Waals surface area contributed by atoms with E-state index in [2.05, 4.69) is 10.0 Å². The van der Waals surface area contributed by atoms with E-state index in [9.17, 15) is 21.6 Å². The van der Waals surface area contributed by atoms with E-state index in [0.717, 1.165) is 32.8 Å². The van der Waals surface area contributed by atoms with Crippen molar-refractivity contribution >= 4 is 43.0 Å². The second-order valence-electron chi connectivity index (χ2n) is 8.51. The van der Waals surface area contributed by atoms with E-state index in [-0.39, 0.29) is 4.90 Å². The summed E-state index contributed by atoms with van der Waals surface area (Å²) >= 11 is 0. The normalized spacial score (nSPS) is 11.7. The van der Waals surface area contributed by atoms with Crippen LogP contribution < -0.4 is 14.3 Å². The van der Waals surface area contributed by atoms with E-state index in [1.54, 1.807) is 32.0 Å². The maximum Gasteiger partial charge on any atom is 0.261 e. The first-order valence-corrected chi connectivity index (χ1v) is 14.1. The second kappa shape index (κ2) is 10.1. The Labute approximate surface area is 207 Å². The van der Waals surface area contributed by atoms with E-state index in [1.165, 1.54) is 24.3 Å². The molecule has 0 heterocycles. The van der Waals surface area contributed by atoms with Gasteiger partial charge in [-0.15, -0.1) is 0 Å². The molecule has 10 heteroatoms. The number of hydrogen-bond donors (Lipinski definition) is 2. The number of nitrogens with zero attached hydrogens (tertiary/aromatic N) is 1. The Kier molecular flexibility index (Phi) is 7.56. The van der Waals surface area contributed by atoms with Gasteiger partial charge in [0, 0.05) is 5.69 Å². The molecule has 0 unspecified atom stereocenters. The molecule has 0 aromatic heterocycles. The van der Waals surface area contributed by atoms with Crippen LogP contribution in [-0.2, 0) is 24.8 Å². The van der Waals surface area contributed by atoms with Crippen LogP contribution >= 0.6 is 0 Å². The third-order valence-electron chi connectivity index (χ3n) is 5.46. The summed E-state index contributed by atoms with van der Waals surface area (Å²) < 4.78 is 54.2. The lowest BCUT2D eigenvalue weighted by Gasteiger charge is -2.25. The first-order chi connectivity index (χ1) is 16.3. The highest BCUT2D eigenvalue weighted by molar-refractivity contribution is 7.92. The molecule has 0 saturated heterocycles. The first kappa shape index (κ1) is 26.2. The molecule has 3 aromatic rings. The van der Waals surface area contributed by atoms with Crippen LogP contribution in [0, 0.1) is 27.7 Å². The van der Waals surface area contributed by atoms with Crippen LogP contribution in [0.5, 0.6) is 0 Å². The fraction of sp³-hybridized carbons (Fsp3) is 0.240. The van der Waals surface area contributed by atoms with Crippen molar-refractivity contribution in [2.75, 3.05) is 27.1 Å². The van der Waals surface area contributed by atoms with E-state index in [4.69, 9.17) is 0 Å². The van der Waals surface area contributed by atoms with Crippen LogP contribution in [-0.4, -0.2) is 35.5 Å². The van der Waals surface area contributed by atoms with Gasteiger partial charge in [-0.2, -0.15) is 0 Å². The third kappa shape index (κ3) is 6.40. The van der Waals surface area contributed by atoms with Gasteiger partial charge in [0.2, 0.25) is 15.9 Å². The Morgan fingerprint density at radius 1 is 0.829 bits per heavy atom. The maximum absolute atomic E-state index is 12.8. The minimum absolute atomic E-state index is 0.0321. The molecule has 35 heavy (non-hydrogen) atoms. The number of rotatable bonds is 8. The fourth-order valence-corrected chi connectivity index (χ4v) is 5.75. The second-order valence-corrected chi connectivity index (χ2v) is 12.1. The molecule has 0 aliphatic carbocycles. The number of hydrogen-bond acceptors (Lipinski definition) is 5. The van der Waals surface area contributed by atoms with Gasteiger partial charge < -0.3 is 5.32 Å². The highest BCUT2D eigenvalue weighted by Crippen LogP contribution is 2.27. The summed E-state index contributed by atoms with van der Waals surface area (Å²) in [5.41, 5.74) is 4.48. The molecular weight excluding hydrogens is 486 g/mol. The molecule has 0 spiro atoms. The predicted molar refractivity (Wildman–Crippen MR) is 140 cm³/mol. The summed E-state index contributed by atoms with van der Waals surface area (Å²) in [6.07, 6.45) is 1.05. The van der Waals surface area contributed by atoms with Gasteiger partial charge in [-0.3, -0.25) is 13.8 Å². The summed E-state index contributed by atoms with van der Waals surface area (Å²) in [6.45, 7) is 6.83. The Morgan fingerprint density at radius 3 is 2.00 bits per heavy atom. The molecule has 0 fully saturated rings. The zero-order valence-corrected chi connectivity index (χ0v) is 21.9. The standard InChI is InChI=1S/C25H29N3O5S2/c1-17-9-10-18(2)23(15-17)27-35(32,33)22-13-11-21(12-14-22)26-24(29)16-28(34(5,30)31)25-19(3)7-6-8-20(25)4/h6-15,27H,16H2,1-5H3,(H,26,29). The molecule has 0 radical (unpaired) electrons. The lowest BCUT2D eigenvalue weighted by molar-refractivity contribution is -0.114. The van der Waals surface area contributed by atoms with Crippen molar-refractivity contribution in [2.24, 2.45) is 0 Å². The van der Waals surface area contributed by atoms with Gasteiger partial charge in [-0.1, -0.05) is 30.3 Å². The number of aryl methyl sites for hydroxylation is 4. The van der Waals surface area contributed by atoms with Crippen LogP contribution in [0.15, 0.2) is 65.6 Å². The quantitative estimate of drug-likeness (QED) is 0.469. The molecule has 0 saturated carbocycles. The van der Waals surface area contributed by atoms with E-state index in [0.29, 0.717) is 17.1 Å². The lowest BCUT2D eigenvalue weighted by atomic mass is 10.1. The zero-order chi connectivity index (χ0) is 26.0. The van der Waals surface area contributed by atoms with Crippen LogP contribution in [0.1, 0.15) is 22.3 Å². The van der Waals surface area contributed by atoms with Crippen molar-refractivity contribution < 1.29 is 21.6 Å². The summed E-state index contributed by atoms with van der Waals surface area (Å²) in [5.74, 6) is -0.554. The molecule has 0 atom stereocenters. The van der Waals surface area contributed by atoms with Crippen molar-refractivity contribution in [3.63, 3.8) is 0 Å². The maximum atomic E-state index is 12.8. The van der Waals surface area contributed by atoms with Crippen molar-refractivity contribution in [3.05, 3.63) is 82.9 Å². The molecule has 186 valence electrons. The summed E-state index contributed by atoms with van der Waals surface area (Å²) in [6, 6.07) is 16.5. The average Bonchev–Trinajstić information content (AvgIpc) is 2.75. The number of nitrogens with one attached hydrogen (secondary N) is 2. The molecule has 3 aromatic carbocycles. The summed E-state index contributed by atoms with van der Waals surface area (Å²) in [4.78, 5) is 12.7. The van der Waals surface area contributed by atoms with Crippen molar-refractivity contribution in [1.82, 2.24) is 0 Å². The van der Waals surface area contributed by atoms with E-state index in [1.807, 2.05) is 32.0 Å². The van der Waals surface area contributed by atoms with Crippen LogP contribution in [0.2, 0.25) is 0 Å². The van der Waals surface area contributed by atoms with E-state index < -0.39 is 32.5 Å². The first-order valence-electron chi connectivity index (χ1n) is 10.8. The third-order valence-corrected chi connectivity index (χ3v) is 7.96. The topological polar surface area (TPSA) is 113 Å². The Morgan fingerprint density at radius 2 is 1.43 bits per heavy atom. The number of anilines is 3. The summed E-state index contributed by atoms with van der Waals surface area (Å²) in [7, 11) is -7.56. The molecule has 0 aliphatic heterocycles. The zero-order valence-electron chi connectivity index (χ0n) is 20.3. The number of carbonyl (C=O) groups excluding carboxylic acids is 1. The molecule has 3 rings (SSSR count). The Hall–Kier alpha value is -3.37. The Balaban J connectivity index is 1.76. The lowest BCUT2D eigenvalue weighted by Crippen LogP contribution is -2.38. The highest BCUT2D eigenvalue weighted by Gasteiger charge is 2.24.